The molecule has 6 nitrogen and oxygen atoms in total. The Kier molecular flexibility index (Phi) is 5.48. The number of nitrogens with zero attached hydrogens (tertiary/aromatic N) is 4. The van der Waals surface area contributed by atoms with Crippen LogP contribution in [-0.4, -0.2) is 31.9 Å². The Bertz CT molecular complexity index is 1240. The normalized spacial score (nSPS) is 16.1. The number of aromatic nitrogens is 2. The van der Waals surface area contributed by atoms with Crippen molar-refractivity contribution in [2.75, 3.05) is 5.75 Å². The number of rotatable bonds is 7. The second-order valence-corrected chi connectivity index (χ2v) is 8.96. The van der Waals surface area contributed by atoms with Gasteiger partial charge in [-0.2, -0.15) is 5.10 Å². The van der Waals surface area contributed by atoms with Gasteiger partial charge in [-0.25, -0.2) is 9.99 Å². The van der Waals surface area contributed by atoms with Gasteiger partial charge < -0.3 is 8.98 Å². The minimum atomic E-state index is -0.229. The van der Waals surface area contributed by atoms with E-state index in [1.807, 2.05) is 60.0 Å². The minimum absolute atomic E-state index is 0.0739. The molecule has 1 aromatic carbocycles. The summed E-state index contributed by atoms with van der Waals surface area (Å²) >= 11 is 3.05. The third-order valence-corrected chi connectivity index (χ3v) is 6.98. The fourth-order valence-corrected chi connectivity index (χ4v) is 5.29. The van der Waals surface area contributed by atoms with Gasteiger partial charge in [0.15, 0.2) is 5.16 Å². The van der Waals surface area contributed by atoms with Crippen LogP contribution in [-0.2, 0) is 11.3 Å². The molecule has 4 heterocycles. The number of allylic oxidation sites excluding steroid dienone is 1. The summed E-state index contributed by atoms with van der Waals surface area (Å²) in [5.74, 6) is 0.904. The summed E-state index contributed by atoms with van der Waals surface area (Å²) in [5, 5.41) is 9.06. The molecule has 156 valence electrons. The van der Waals surface area contributed by atoms with Gasteiger partial charge in [-0.1, -0.05) is 36.0 Å². The van der Waals surface area contributed by atoms with Gasteiger partial charge in [-0.05, 0) is 35.7 Å². The molecule has 0 fully saturated rings. The van der Waals surface area contributed by atoms with E-state index >= 15 is 0 Å². The van der Waals surface area contributed by atoms with Crippen molar-refractivity contribution in [1.82, 2.24) is 14.6 Å². The van der Waals surface area contributed by atoms with Gasteiger partial charge in [0.2, 0.25) is 0 Å². The largest absolute Gasteiger partial charge is 0.467 e. The van der Waals surface area contributed by atoms with Crippen LogP contribution in [0.3, 0.4) is 0 Å². The van der Waals surface area contributed by atoms with Gasteiger partial charge in [0.05, 0.1) is 33.6 Å². The van der Waals surface area contributed by atoms with Crippen LogP contribution < -0.4 is 0 Å². The van der Waals surface area contributed by atoms with Crippen molar-refractivity contribution in [2.45, 2.75) is 24.2 Å². The van der Waals surface area contributed by atoms with E-state index in [0.29, 0.717) is 13.0 Å². The molecule has 31 heavy (non-hydrogen) atoms. The number of carbonyl (C=O) groups excluding carboxylic acids is 1. The number of hydrazone groups is 1. The highest BCUT2D eigenvalue weighted by Crippen LogP contribution is 2.35. The van der Waals surface area contributed by atoms with E-state index in [9.17, 15) is 4.79 Å². The number of thiophene rings is 1. The molecule has 0 saturated heterocycles. The molecular weight excluding hydrogens is 428 g/mol. The van der Waals surface area contributed by atoms with Crippen LogP contribution >= 0.6 is 23.1 Å². The number of hydrogen-bond donors (Lipinski definition) is 0. The lowest BCUT2D eigenvalue weighted by Crippen LogP contribution is -2.28. The number of amides is 1. The van der Waals surface area contributed by atoms with Crippen LogP contribution in [0.25, 0.3) is 11.0 Å². The predicted molar refractivity (Wildman–Crippen MR) is 124 cm³/mol. The highest BCUT2D eigenvalue weighted by molar-refractivity contribution is 7.99. The van der Waals surface area contributed by atoms with Gasteiger partial charge in [0, 0.05) is 13.0 Å². The first kappa shape index (κ1) is 19.8. The summed E-state index contributed by atoms with van der Waals surface area (Å²) in [6.45, 7) is 4.49. The fourth-order valence-electron chi connectivity index (χ4n) is 3.70. The predicted octanol–water partition coefficient (Wildman–Crippen LogP) is 5.35. The lowest BCUT2D eigenvalue weighted by atomic mass is 10.1. The average molecular weight is 449 g/mol. The quantitative estimate of drug-likeness (QED) is 0.283. The van der Waals surface area contributed by atoms with E-state index in [4.69, 9.17) is 9.40 Å². The van der Waals surface area contributed by atoms with E-state index in [-0.39, 0.29) is 17.7 Å². The Hall–Kier alpha value is -3.10. The Balaban J connectivity index is 1.39. The van der Waals surface area contributed by atoms with Gasteiger partial charge in [-0.3, -0.25) is 4.79 Å². The number of furan rings is 1. The first-order valence-corrected chi connectivity index (χ1v) is 11.8. The standard InChI is InChI=1S/C23H20N4O2S2/c1-2-11-26-18-8-4-3-7-16(18)24-23(26)31-15-22(28)27-19(20-9-5-12-29-20)14-17(25-27)21-10-6-13-30-21/h2-10,12-13,19H,1,11,14-15H2/t19-/m1/s1. The van der Waals surface area contributed by atoms with Crippen molar-refractivity contribution >= 4 is 45.8 Å². The summed E-state index contributed by atoms with van der Waals surface area (Å²) in [4.78, 5) is 19.0. The molecule has 0 unspecified atom stereocenters. The molecule has 8 heteroatoms. The number of carbonyl (C=O) groups is 1. The summed E-state index contributed by atoms with van der Waals surface area (Å²) < 4.78 is 7.70. The summed E-state index contributed by atoms with van der Waals surface area (Å²) in [5.41, 5.74) is 2.85. The second kappa shape index (κ2) is 8.56. The Morgan fingerprint density at radius 3 is 2.94 bits per heavy atom. The third kappa shape index (κ3) is 3.84. The Labute approximate surface area is 187 Å². The molecule has 0 saturated carbocycles. The molecule has 1 amide bonds. The lowest BCUT2D eigenvalue weighted by molar-refractivity contribution is -0.130. The maximum Gasteiger partial charge on any atom is 0.253 e. The molecule has 0 N–H and O–H groups in total. The number of benzene rings is 1. The van der Waals surface area contributed by atoms with Crippen molar-refractivity contribution < 1.29 is 9.21 Å². The fraction of sp³-hybridized carbons (Fsp3) is 0.174. The van der Waals surface area contributed by atoms with E-state index < -0.39 is 0 Å². The maximum absolute atomic E-state index is 13.2. The first-order chi connectivity index (χ1) is 15.2. The molecule has 1 aliphatic rings. The zero-order valence-corrected chi connectivity index (χ0v) is 18.3. The van der Waals surface area contributed by atoms with Gasteiger partial charge in [0.25, 0.3) is 5.91 Å². The van der Waals surface area contributed by atoms with Crippen molar-refractivity contribution in [1.29, 1.82) is 0 Å². The number of imidazole rings is 1. The van der Waals surface area contributed by atoms with Crippen molar-refractivity contribution in [3.05, 3.63) is 83.5 Å². The number of hydrogen-bond acceptors (Lipinski definition) is 6. The minimum Gasteiger partial charge on any atom is -0.467 e. The maximum atomic E-state index is 13.2. The SMILES string of the molecule is C=CCn1c(SCC(=O)N2N=C(c3cccs3)C[C@@H]2c2ccco2)nc2ccccc21. The van der Waals surface area contributed by atoms with E-state index in [1.165, 1.54) is 11.8 Å². The van der Waals surface area contributed by atoms with Gasteiger partial charge >= 0.3 is 0 Å². The zero-order valence-electron chi connectivity index (χ0n) is 16.7. The molecule has 0 spiro atoms. The summed E-state index contributed by atoms with van der Waals surface area (Å²) in [6.07, 6.45) is 4.11. The Morgan fingerprint density at radius 2 is 2.16 bits per heavy atom. The molecule has 4 aromatic rings. The zero-order chi connectivity index (χ0) is 21.2. The second-order valence-electron chi connectivity index (χ2n) is 7.07. The molecule has 1 aliphatic heterocycles. The van der Waals surface area contributed by atoms with Gasteiger partial charge in [-0.15, -0.1) is 17.9 Å². The molecule has 5 rings (SSSR count). The lowest BCUT2D eigenvalue weighted by Gasteiger charge is -2.19. The Morgan fingerprint density at radius 1 is 1.26 bits per heavy atom. The number of thioether (sulfide) groups is 1. The molecule has 1 atom stereocenters. The monoisotopic (exact) mass is 448 g/mol. The summed E-state index contributed by atoms with van der Waals surface area (Å²) in [7, 11) is 0. The number of fused-ring (bicyclic) bond motifs is 1. The van der Waals surface area contributed by atoms with Crippen molar-refractivity contribution in [3.8, 4) is 0 Å². The van der Waals surface area contributed by atoms with Crippen LogP contribution in [0.5, 0.6) is 0 Å². The average Bonchev–Trinajstić information content (AvgIpc) is 3.58. The van der Waals surface area contributed by atoms with E-state index in [1.54, 1.807) is 22.6 Å². The van der Waals surface area contributed by atoms with Crippen LogP contribution in [0.1, 0.15) is 23.1 Å². The number of para-hydroxylation sites is 2. The van der Waals surface area contributed by atoms with E-state index in [2.05, 4.69) is 16.2 Å². The smallest absolute Gasteiger partial charge is 0.253 e. The van der Waals surface area contributed by atoms with Crippen LogP contribution in [0, 0.1) is 0 Å². The van der Waals surface area contributed by atoms with Crippen molar-refractivity contribution in [2.24, 2.45) is 5.10 Å². The molecular formula is C23H20N4O2S2. The molecule has 0 radical (unpaired) electrons. The highest BCUT2D eigenvalue weighted by Gasteiger charge is 2.35. The van der Waals surface area contributed by atoms with Crippen LogP contribution in [0.2, 0.25) is 0 Å². The summed E-state index contributed by atoms with van der Waals surface area (Å²) in [6, 6.07) is 15.5. The highest BCUT2D eigenvalue weighted by atomic mass is 32.2. The third-order valence-electron chi connectivity index (χ3n) is 5.10. The van der Waals surface area contributed by atoms with Crippen LogP contribution in [0.15, 0.2) is 87.5 Å². The van der Waals surface area contributed by atoms with Crippen molar-refractivity contribution in [3.63, 3.8) is 0 Å². The van der Waals surface area contributed by atoms with Crippen LogP contribution in [0.4, 0.5) is 0 Å². The van der Waals surface area contributed by atoms with E-state index in [0.717, 1.165) is 32.5 Å². The molecule has 3 aromatic heterocycles. The van der Waals surface area contributed by atoms with Gasteiger partial charge in [0.1, 0.15) is 11.8 Å². The molecule has 0 aliphatic carbocycles. The first-order valence-electron chi connectivity index (χ1n) is 9.90. The topological polar surface area (TPSA) is 63.6 Å². The molecule has 0 bridgehead atoms.